The number of fused-ring (bicyclic) bond motifs is 8. The third kappa shape index (κ3) is 2.18. The number of aromatic amines is 1. The second-order valence-electron chi connectivity index (χ2n) is 9.32. The van der Waals surface area contributed by atoms with Crippen molar-refractivity contribution in [3.63, 3.8) is 0 Å². The molecular formula is C23H23N3O2Si. The summed E-state index contributed by atoms with van der Waals surface area (Å²) in [4.78, 5) is 35.5. The molecule has 6 heteroatoms. The van der Waals surface area contributed by atoms with Gasteiger partial charge in [-0.1, -0.05) is 58.1 Å². The summed E-state index contributed by atoms with van der Waals surface area (Å²) in [7, 11) is -2.41. The summed E-state index contributed by atoms with van der Waals surface area (Å²) >= 11 is 0. The number of nitrogens with one attached hydrogen (secondary N) is 1. The van der Waals surface area contributed by atoms with Crippen molar-refractivity contribution in [1.29, 1.82) is 0 Å². The van der Waals surface area contributed by atoms with Crippen LogP contribution >= 0.6 is 0 Å². The molecular weight excluding hydrogens is 378 g/mol. The predicted octanol–water partition coefficient (Wildman–Crippen LogP) is 5.47. The van der Waals surface area contributed by atoms with Crippen LogP contribution in [0.4, 0.5) is 0 Å². The van der Waals surface area contributed by atoms with Crippen molar-refractivity contribution in [2.24, 2.45) is 0 Å². The second kappa shape index (κ2) is 5.54. The molecule has 4 aromatic rings. The zero-order valence-corrected chi connectivity index (χ0v) is 18.3. The maximum Gasteiger partial charge on any atom is 0.254 e. The number of nitrogens with zero attached hydrogens (tertiary/aromatic N) is 2. The summed E-state index contributed by atoms with van der Waals surface area (Å²) in [6.07, 6.45) is 1.73. The Kier molecular flexibility index (Phi) is 3.45. The van der Waals surface area contributed by atoms with Gasteiger partial charge in [-0.05, 0) is 17.2 Å². The summed E-state index contributed by atoms with van der Waals surface area (Å²) in [5.74, 6) is -0.348. The highest BCUT2D eigenvalue weighted by Gasteiger charge is 2.52. The summed E-state index contributed by atoms with van der Waals surface area (Å²) in [5.41, 5.74) is 3.51. The molecule has 3 heterocycles. The molecule has 0 saturated heterocycles. The van der Waals surface area contributed by atoms with Gasteiger partial charge >= 0.3 is 0 Å². The minimum absolute atomic E-state index is 0.145. The first-order chi connectivity index (χ1) is 13.6. The van der Waals surface area contributed by atoms with E-state index in [9.17, 15) is 9.59 Å². The molecule has 0 saturated carbocycles. The van der Waals surface area contributed by atoms with Gasteiger partial charge in [0, 0.05) is 27.9 Å². The van der Waals surface area contributed by atoms with E-state index in [4.69, 9.17) is 0 Å². The Hall–Kier alpha value is -2.99. The Balaban J connectivity index is 1.96. The summed E-state index contributed by atoms with van der Waals surface area (Å²) in [6, 6.07) is 11.6. The van der Waals surface area contributed by atoms with Crippen molar-refractivity contribution in [1.82, 2.24) is 14.5 Å². The van der Waals surface area contributed by atoms with Crippen LogP contribution in [0.2, 0.25) is 18.1 Å². The zero-order chi connectivity index (χ0) is 20.7. The Morgan fingerprint density at radius 1 is 0.931 bits per heavy atom. The van der Waals surface area contributed by atoms with Gasteiger partial charge in [-0.25, -0.2) is 0 Å². The summed E-state index contributed by atoms with van der Waals surface area (Å²) in [6.45, 7) is 10.5. The molecule has 1 aliphatic rings. The smallest absolute Gasteiger partial charge is 0.254 e. The number of aromatic nitrogens is 2. The Morgan fingerprint density at radius 3 is 2.31 bits per heavy atom. The normalized spacial score (nSPS) is 15.1. The molecule has 1 aliphatic heterocycles. The van der Waals surface area contributed by atoms with E-state index in [0.29, 0.717) is 11.1 Å². The number of rotatable bonds is 1. The Labute approximate surface area is 169 Å². The molecule has 5 rings (SSSR count). The number of hydrogen-bond donors (Lipinski definition) is 1. The van der Waals surface area contributed by atoms with Crippen LogP contribution < -0.4 is 0 Å². The number of amides is 2. The fourth-order valence-corrected chi connectivity index (χ4v) is 6.15. The lowest BCUT2D eigenvalue weighted by Crippen LogP contribution is -2.57. The Bertz CT molecular complexity index is 1360. The molecule has 0 atom stereocenters. The number of benzene rings is 2. The fourth-order valence-electron chi connectivity index (χ4n) is 4.24. The van der Waals surface area contributed by atoms with E-state index in [-0.39, 0.29) is 16.9 Å². The number of hydrogen-bond acceptors (Lipinski definition) is 3. The number of pyridine rings is 1. The first-order valence-corrected chi connectivity index (χ1v) is 12.8. The highest BCUT2D eigenvalue weighted by Crippen LogP contribution is 2.46. The van der Waals surface area contributed by atoms with E-state index < -0.39 is 8.24 Å². The van der Waals surface area contributed by atoms with E-state index in [1.807, 2.05) is 36.4 Å². The maximum atomic E-state index is 13.8. The van der Waals surface area contributed by atoms with Gasteiger partial charge in [0.1, 0.15) is 0 Å². The number of H-pyrrole nitrogens is 1. The molecule has 0 spiro atoms. The summed E-state index contributed by atoms with van der Waals surface area (Å²) in [5, 5.41) is 2.35. The van der Waals surface area contributed by atoms with Crippen molar-refractivity contribution < 1.29 is 9.59 Å². The first kappa shape index (κ1) is 18.1. The van der Waals surface area contributed by atoms with Gasteiger partial charge in [0.2, 0.25) is 0 Å². The highest BCUT2D eigenvalue weighted by molar-refractivity contribution is 6.83. The van der Waals surface area contributed by atoms with Crippen molar-refractivity contribution in [2.75, 3.05) is 0 Å². The average Bonchev–Trinajstić information content (AvgIpc) is 3.17. The number of carbonyl (C=O) groups excluding carboxylic acids is 2. The molecule has 2 aromatic heterocycles. The maximum absolute atomic E-state index is 13.8. The summed E-state index contributed by atoms with van der Waals surface area (Å²) < 4.78 is 1.59. The fraction of sp³-hybridized carbons (Fsp3) is 0.261. The number of para-hydroxylation sites is 1. The molecule has 0 unspecified atom stereocenters. The molecule has 0 radical (unpaired) electrons. The lowest BCUT2D eigenvalue weighted by molar-refractivity contribution is 0.0747. The van der Waals surface area contributed by atoms with Crippen LogP contribution in [0.5, 0.6) is 0 Å². The van der Waals surface area contributed by atoms with Crippen LogP contribution in [-0.4, -0.2) is 34.6 Å². The van der Waals surface area contributed by atoms with E-state index in [2.05, 4.69) is 43.8 Å². The monoisotopic (exact) mass is 401 g/mol. The van der Waals surface area contributed by atoms with Crippen molar-refractivity contribution >= 4 is 52.8 Å². The van der Waals surface area contributed by atoms with E-state index in [0.717, 1.165) is 32.7 Å². The van der Waals surface area contributed by atoms with Crippen LogP contribution in [0, 0.1) is 0 Å². The van der Waals surface area contributed by atoms with Crippen LogP contribution in [0.3, 0.4) is 0 Å². The third-order valence-corrected chi connectivity index (χ3v) is 11.9. The van der Waals surface area contributed by atoms with Gasteiger partial charge < -0.3 is 9.55 Å². The molecule has 0 bridgehead atoms. The molecule has 1 N–H and O–H groups in total. The average molecular weight is 402 g/mol. The van der Waals surface area contributed by atoms with Crippen LogP contribution in [0.25, 0.3) is 32.7 Å². The van der Waals surface area contributed by atoms with Crippen molar-refractivity contribution in [3.05, 3.63) is 53.7 Å². The van der Waals surface area contributed by atoms with Gasteiger partial charge in [-0.3, -0.25) is 14.6 Å². The standard InChI is InChI=1S/C23H23N3O2Si/c1-23(2,3)29(4,5)26-21(27)17-14-10-8-12-24-19(14)20-16(18(17)22(26)28)13-9-6-7-11-15(13)25-20/h6-12,25H,1-5H3. The number of imide groups is 1. The minimum atomic E-state index is -2.41. The highest BCUT2D eigenvalue weighted by atomic mass is 28.3. The van der Waals surface area contributed by atoms with E-state index in [1.54, 1.807) is 10.8 Å². The largest absolute Gasteiger partial charge is 0.353 e. The van der Waals surface area contributed by atoms with Crippen LogP contribution in [0.15, 0.2) is 42.6 Å². The van der Waals surface area contributed by atoms with Gasteiger partial charge in [0.05, 0.1) is 22.2 Å². The number of carbonyl (C=O) groups is 2. The van der Waals surface area contributed by atoms with Gasteiger partial charge in [0.25, 0.3) is 11.8 Å². The molecule has 0 aliphatic carbocycles. The van der Waals surface area contributed by atoms with E-state index in [1.165, 1.54) is 0 Å². The second-order valence-corrected chi connectivity index (χ2v) is 14.4. The molecule has 146 valence electrons. The van der Waals surface area contributed by atoms with Gasteiger partial charge in [-0.15, -0.1) is 0 Å². The van der Waals surface area contributed by atoms with E-state index >= 15 is 0 Å². The van der Waals surface area contributed by atoms with Crippen molar-refractivity contribution in [2.45, 2.75) is 38.9 Å². The molecule has 29 heavy (non-hydrogen) atoms. The minimum Gasteiger partial charge on any atom is -0.353 e. The molecule has 2 amide bonds. The molecule has 2 aromatic carbocycles. The lowest BCUT2D eigenvalue weighted by atomic mass is 9.97. The quantitative estimate of drug-likeness (QED) is 0.340. The SMILES string of the molecule is CC(C)(C)[Si](C)(C)N1C(=O)c2c(c3c4ccccc4[nH]c3c3ncccc23)C1=O. The topological polar surface area (TPSA) is 66.1 Å². The third-order valence-electron chi connectivity index (χ3n) is 6.75. The first-order valence-electron chi connectivity index (χ1n) is 9.84. The van der Waals surface area contributed by atoms with Gasteiger partial charge in [-0.2, -0.15) is 0 Å². The lowest BCUT2D eigenvalue weighted by Gasteiger charge is -2.42. The van der Waals surface area contributed by atoms with Crippen LogP contribution in [0.1, 0.15) is 41.5 Å². The van der Waals surface area contributed by atoms with Gasteiger partial charge in [0.15, 0.2) is 8.24 Å². The van der Waals surface area contributed by atoms with Crippen LogP contribution in [-0.2, 0) is 0 Å². The zero-order valence-electron chi connectivity index (χ0n) is 17.3. The Morgan fingerprint density at radius 2 is 1.59 bits per heavy atom. The predicted molar refractivity (Wildman–Crippen MR) is 119 cm³/mol. The molecule has 5 nitrogen and oxygen atoms in total. The van der Waals surface area contributed by atoms with Crippen molar-refractivity contribution in [3.8, 4) is 0 Å². The molecule has 0 fully saturated rings.